The average Bonchev–Trinajstić information content (AvgIpc) is 1.67. The molecule has 4 amide bonds. The fourth-order valence-electron chi connectivity index (χ4n) is 12.8. The van der Waals surface area contributed by atoms with Gasteiger partial charge in [-0.1, -0.05) is 38.1 Å². The molecule has 492 valence electrons. The molecule has 3 aliphatic carbocycles. The number of hydrogen-bond acceptors (Lipinski definition) is 19. The molecule has 3 saturated carbocycles. The Morgan fingerprint density at radius 3 is 1.98 bits per heavy atom. The summed E-state index contributed by atoms with van der Waals surface area (Å²) in [7, 11) is -0.614. The number of Topliss-reactive ketones (excluding diaryl/α,β-unsaturated/α-hetero) is 2. The van der Waals surface area contributed by atoms with E-state index in [0.29, 0.717) is 84.9 Å². The predicted molar refractivity (Wildman–Crippen MR) is 351 cm³/mol. The van der Waals surface area contributed by atoms with Crippen LogP contribution in [0.3, 0.4) is 0 Å². The fourth-order valence-corrected chi connectivity index (χ4v) is 14.0. The zero-order chi connectivity index (χ0) is 66.9. The molecule has 7 aliphatic rings. The van der Waals surface area contributed by atoms with Gasteiger partial charge < -0.3 is 60.6 Å². The van der Waals surface area contributed by atoms with E-state index in [9.17, 15) is 48.5 Å². The number of methoxy groups -OCH3 is 1. The summed E-state index contributed by atoms with van der Waals surface area (Å²) in [5.74, 6) is -3.55. The number of alkyl halides is 2. The number of carboxylic acid groups (broad SMARTS) is 1. The molecule has 22 nitrogen and oxygen atoms in total. The number of aromatic carboxylic acids is 1. The number of ketones is 2. The molecule has 3 saturated heterocycles. The molecule has 6 heterocycles. The van der Waals surface area contributed by atoms with E-state index < -0.39 is 95.7 Å². The second kappa shape index (κ2) is 31.8. The summed E-state index contributed by atoms with van der Waals surface area (Å²) in [5, 5.41) is 35.4. The Bertz CT molecular complexity index is 3310. The molecule has 6 fully saturated rings. The Hall–Kier alpha value is -5.22. The third-order valence-electron chi connectivity index (χ3n) is 17.2. The number of nitrogens with one attached hydrogen (secondary N) is 4. The molecule has 8 N–H and O–H groups in total. The number of nitrogens with zero attached hydrogens (tertiary/aromatic N) is 2. The third kappa shape index (κ3) is 18.6. The first-order chi connectivity index (χ1) is 42.9. The lowest BCUT2D eigenvalue weighted by molar-refractivity contribution is -0.199. The number of thiazole rings is 2. The van der Waals surface area contributed by atoms with Crippen molar-refractivity contribution in [2.75, 3.05) is 18.2 Å². The van der Waals surface area contributed by atoms with Crippen molar-refractivity contribution >= 4 is 152 Å². The van der Waals surface area contributed by atoms with E-state index in [-0.39, 0.29) is 75.9 Å². The van der Waals surface area contributed by atoms with Crippen molar-refractivity contribution in [2.45, 2.75) is 179 Å². The number of para-hydroxylation sites is 2. The summed E-state index contributed by atoms with van der Waals surface area (Å²) in [6, 6.07) is 6.32. The highest BCUT2D eigenvalue weighted by molar-refractivity contribution is 7.54. The highest BCUT2D eigenvalue weighted by atomic mass is 35.6. The van der Waals surface area contributed by atoms with E-state index in [1.165, 1.54) is 24.5 Å². The molecule has 2 bridgehead atoms. The van der Waals surface area contributed by atoms with Crippen LogP contribution >= 0.6 is 80.3 Å². The van der Waals surface area contributed by atoms with E-state index in [4.69, 9.17) is 86.8 Å². The zero-order valence-electron chi connectivity index (χ0n) is 51.6. The van der Waals surface area contributed by atoms with Crippen LogP contribution in [0.4, 0.5) is 5.13 Å². The number of ether oxygens (including phenoxy) is 2. The minimum atomic E-state index is -1.41. The van der Waals surface area contributed by atoms with Gasteiger partial charge in [-0.15, -0.1) is 45.9 Å². The average molecular weight is 1400 g/mol. The SMILES string of the molecule is COc1c(C[C@H](CC(=O)C(NC(=O)C2CCCC(=O)N2)c2csc(C)n2)B2O[C@@H]3C[C@@H]4C[C@@H](C4(C)C)[C@]3(C)O2)cccc1C(=O)OC(C)(C)C.ClB(Cl)Cl.ClCCl.Nc1nc(C(NC(=O)C2CCCC(=O)N2)C(=O)C[C@H]2Cc3cccc(C(=O)O)c3OB2O)cs1. The van der Waals surface area contributed by atoms with Gasteiger partial charge >= 0.3 is 31.1 Å². The van der Waals surface area contributed by atoms with Crippen molar-refractivity contribution in [2.24, 2.45) is 17.3 Å². The van der Waals surface area contributed by atoms with E-state index in [2.05, 4.69) is 52.0 Å². The summed E-state index contributed by atoms with van der Waals surface area (Å²) >= 11 is 26.5. The largest absolute Gasteiger partial charge is 0.535 e. The number of halogens is 5. The molecule has 10 atom stereocenters. The molecule has 4 aromatic rings. The molecule has 0 spiro atoms. The van der Waals surface area contributed by atoms with Crippen LogP contribution in [0.2, 0.25) is 11.6 Å². The standard InChI is InChI=1S/C37H50BN3O8S.C21H23BN4O7S.CH2Cl2.BCl3/c1-20-39-26(19-50-20)31(41-33(44)25-13-10-14-30(43)40-25)27(42)18-23(38-48-29-17-22-16-28(36(22,5)6)37(29,7)49-38)15-21-11-9-12-24(32(21)46-8)34(45)47-35(2,3)4;23-21-25-14(9-34-21)17(26-19(29)13-5-2-6-16(28)24-13)15(27)8-11-7-10-3-1-4-12(20(30)31)18(10)33-22(11)32;2-1-3;2-1(3)4/h9,11-12,19,22-23,25,28-29,31H,10,13-18H2,1-8H3,(H,40,43)(H,41,44);1,3-4,9,11,13,17,32H,2,5-8H2,(H2,23,25)(H,24,28)(H,26,29)(H,30,31);1H2;/t22-,23+,25?,28-,29+,31?,37-;11-,13?,17?;;/m01../s1. The van der Waals surface area contributed by atoms with Gasteiger partial charge in [-0.2, -0.15) is 34.4 Å². The van der Waals surface area contributed by atoms with Crippen molar-refractivity contribution in [3.63, 3.8) is 0 Å². The van der Waals surface area contributed by atoms with Gasteiger partial charge in [0.1, 0.15) is 46.8 Å². The highest BCUT2D eigenvalue weighted by Crippen LogP contribution is 2.66. The minimum Gasteiger partial charge on any atom is -0.535 e. The van der Waals surface area contributed by atoms with Crippen molar-refractivity contribution < 1.29 is 71.9 Å². The smallest absolute Gasteiger partial charge is 0.526 e. The molecule has 32 heteroatoms. The predicted octanol–water partition coefficient (Wildman–Crippen LogP) is 9.35. The Kier molecular flexibility index (Phi) is 25.6. The number of piperidine rings is 2. The first-order valence-corrected chi connectivity index (χ1v) is 33.9. The maximum Gasteiger partial charge on any atom is 0.526 e. The van der Waals surface area contributed by atoms with Crippen molar-refractivity contribution in [3.05, 3.63) is 85.8 Å². The monoisotopic (exact) mass is 1390 g/mol. The molecule has 11 rings (SSSR count). The third-order valence-corrected chi connectivity index (χ3v) is 18.7. The van der Waals surface area contributed by atoms with Crippen molar-refractivity contribution in [1.82, 2.24) is 31.2 Å². The normalized spacial score (nSPS) is 23.6. The first kappa shape index (κ1) is 73.2. The number of rotatable bonds is 18. The van der Waals surface area contributed by atoms with Crippen LogP contribution in [0, 0.1) is 24.2 Å². The van der Waals surface area contributed by atoms with Crippen molar-refractivity contribution in [3.8, 4) is 11.5 Å². The van der Waals surface area contributed by atoms with E-state index in [0.717, 1.165) is 29.2 Å². The Morgan fingerprint density at radius 1 is 0.879 bits per heavy atom. The van der Waals surface area contributed by atoms with Gasteiger partial charge in [-0.05, 0) is 126 Å². The summed E-state index contributed by atoms with van der Waals surface area (Å²) in [6.07, 6.45) is 5.02. The van der Waals surface area contributed by atoms with Crippen molar-refractivity contribution in [1.29, 1.82) is 0 Å². The zero-order valence-corrected chi connectivity index (χ0v) is 57.0. The lowest BCUT2D eigenvalue weighted by Gasteiger charge is -2.64. The topological polar surface area (TPSA) is 323 Å². The number of hydrogen-bond donors (Lipinski definition) is 7. The second-order valence-electron chi connectivity index (χ2n) is 24.9. The lowest BCUT2D eigenvalue weighted by atomic mass is 9.43. The van der Waals surface area contributed by atoms with Crippen LogP contribution in [0.5, 0.6) is 11.5 Å². The Morgan fingerprint density at radius 2 is 1.45 bits per heavy atom. The molecule has 0 radical (unpaired) electrons. The van der Waals surface area contributed by atoms with Crippen LogP contribution in [0.15, 0.2) is 47.2 Å². The van der Waals surface area contributed by atoms with Gasteiger partial charge in [0.25, 0.3) is 0 Å². The maximum atomic E-state index is 14.5. The number of carbonyl (C=O) groups excluding carboxylic acids is 7. The second-order valence-corrected chi connectivity index (χ2v) is 29.6. The molecule has 4 aliphatic heterocycles. The number of amides is 4. The van der Waals surface area contributed by atoms with Gasteiger partial charge in [0, 0.05) is 48.1 Å². The van der Waals surface area contributed by atoms with Gasteiger partial charge in [0.2, 0.25) is 23.6 Å². The lowest BCUT2D eigenvalue weighted by Crippen LogP contribution is -2.65. The van der Waals surface area contributed by atoms with Crippen LogP contribution in [0.1, 0.15) is 166 Å². The molecular formula is C59H75B3Cl5N7O15S2. The number of carbonyl (C=O) groups is 8. The number of carboxylic acids is 1. The molecular weight excluding hydrogens is 1320 g/mol. The van der Waals surface area contributed by atoms with Crippen LogP contribution < -0.4 is 36.4 Å². The molecule has 91 heavy (non-hydrogen) atoms. The number of nitrogen functional groups attached to an aromatic ring is 1. The number of esters is 1. The van der Waals surface area contributed by atoms with Gasteiger partial charge in [-0.25, -0.2) is 19.6 Å². The fraction of sp³-hybridized carbons (Fsp3) is 0.559. The van der Waals surface area contributed by atoms with Crippen LogP contribution in [0.25, 0.3) is 0 Å². The van der Waals surface area contributed by atoms with Crippen LogP contribution in [-0.2, 0) is 55.7 Å². The number of anilines is 1. The Balaban J connectivity index is 0.000000248. The number of benzene rings is 2. The molecule has 2 aromatic carbocycles. The number of aryl methyl sites for hydroxylation is 1. The highest BCUT2D eigenvalue weighted by Gasteiger charge is 2.68. The van der Waals surface area contributed by atoms with Gasteiger partial charge in [0.15, 0.2) is 16.7 Å². The van der Waals surface area contributed by atoms with E-state index in [1.807, 2.05) is 33.8 Å². The summed E-state index contributed by atoms with van der Waals surface area (Å²) in [4.78, 5) is 110. The minimum absolute atomic E-state index is 0.0106. The molecule has 2 aromatic heterocycles. The van der Waals surface area contributed by atoms with Gasteiger partial charge in [0.05, 0.1) is 46.1 Å². The Labute approximate surface area is 562 Å². The van der Waals surface area contributed by atoms with E-state index >= 15 is 0 Å². The first-order valence-electron chi connectivity index (χ1n) is 29.7. The summed E-state index contributed by atoms with van der Waals surface area (Å²) in [6.45, 7) is 14.0. The number of aromatic nitrogens is 2. The maximum absolute atomic E-state index is 14.5. The summed E-state index contributed by atoms with van der Waals surface area (Å²) in [5.41, 5.74) is 6.85. The molecule has 4 unspecified atom stereocenters. The van der Waals surface area contributed by atoms with E-state index in [1.54, 1.807) is 35.0 Å². The number of nitrogens with two attached hydrogens (primary N) is 1. The quantitative estimate of drug-likeness (QED) is 0.0277. The van der Waals surface area contributed by atoms with Gasteiger partial charge in [-0.3, -0.25) is 28.8 Å². The number of fused-ring (bicyclic) bond motifs is 1. The van der Waals surface area contributed by atoms with Crippen LogP contribution in [-0.4, -0.2) is 128 Å². The summed E-state index contributed by atoms with van der Waals surface area (Å²) < 4.78 is 30.6.